The van der Waals surface area contributed by atoms with Gasteiger partial charge in [0, 0.05) is 17.1 Å². The first kappa shape index (κ1) is 17.1. The molecule has 0 unspecified atom stereocenters. The van der Waals surface area contributed by atoms with Crippen molar-refractivity contribution in [1.82, 2.24) is 0 Å². The summed E-state index contributed by atoms with van der Waals surface area (Å²) in [7, 11) is 0. The van der Waals surface area contributed by atoms with Gasteiger partial charge in [0.1, 0.15) is 12.4 Å². The van der Waals surface area contributed by atoms with Crippen molar-refractivity contribution in [3.8, 4) is 0 Å². The maximum absolute atomic E-state index is 13.6. The summed E-state index contributed by atoms with van der Waals surface area (Å²) in [5.41, 5.74) is 1.71. The predicted octanol–water partition coefficient (Wildman–Crippen LogP) is 3.89. The van der Waals surface area contributed by atoms with Crippen molar-refractivity contribution >= 4 is 39.1 Å². The third-order valence-corrected chi connectivity index (χ3v) is 4.15. The summed E-state index contributed by atoms with van der Waals surface area (Å²) in [5.74, 6) is -1.26. The van der Waals surface area contributed by atoms with Crippen molar-refractivity contribution in [2.45, 2.75) is 13.8 Å². The van der Waals surface area contributed by atoms with Crippen molar-refractivity contribution in [1.29, 1.82) is 0 Å². The molecule has 0 aliphatic heterocycles. The molecule has 2 rings (SSSR count). The molecule has 0 radical (unpaired) electrons. The molecule has 120 valence electrons. The quantitative estimate of drug-likeness (QED) is 0.877. The van der Waals surface area contributed by atoms with Gasteiger partial charge in [-0.3, -0.25) is 9.59 Å². The fourth-order valence-corrected chi connectivity index (χ4v) is 2.40. The highest BCUT2D eigenvalue weighted by Gasteiger charge is 2.17. The molecule has 0 heterocycles. The third kappa shape index (κ3) is 4.39. The summed E-state index contributed by atoms with van der Waals surface area (Å²) in [5, 5.41) is 2.47. The van der Waals surface area contributed by atoms with Gasteiger partial charge < -0.3 is 10.2 Å². The van der Waals surface area contributed by atoms with Crippen molar-refractivity contribution in [3.05, 3.63) is 58.3 Å². The molecule has 4 nitrogen and oxygen atoms in total. The topological polar surface area (TPSA) is 49.4 Å². The van der Waals surface area contributed by atoms with Gasteiger partial charge in [0.05, 0.1) is 5.69 Å². The number of halogens is 2. The second-order valence-electron chi connectivity index (χ2n) is 5.07. The zero-order chi connectivity index (χ0) is 17.0. The molecule has 2 aromatic rings. The lowest BCUT2D eigenvalue weighted by atomic mass is 10.2. The van der Waals surface area contributed by atoms with E-state index in [-0.39, 0.29) is 18.1 Å². The van der Waals surface area contributed by atoms with E-state index in [0.717, 1.165) is 10.0 Å². The molecule has 0 saturated heterocycles. The van der Waals surface area contributed by atoms with Crippen molar-refractivity contribution in [3.63, 3.8) is 0 Å². The summed E-state index contributed by atoms with van der Waals surface area (Å²) in [6.45, 7) is 3.11. The fraction of sp³-hybridized carbons (Fsp3) is 0.176. The van der Waals surface area contributed by atoms with Crippen LogP contribution in [0.4, 0.5) is 15.8 Å². The lowest BCUT2D eigenvalue weighted by Gasteiger charge is -2.21. The van der Waals surface area contributed by atoms with Crippen LogP contribution in [0.2, 0.25) is 0 Å². The molecule has 0 saturated carbocycles. The number of carbonyl (C=O) groups excluding carboxylic acids is 2. The number of nitrogens with one attached hydrogen (secondary N) is 1. The molecule has 23 heavy (non-hydrogen) atoms. The van der Waals surface area contributed by atoms with Crippen LogP contribution in [0.5, 0.6) is 0 Å². The highest BCUT2D eigenvalue weighted by Crippen LogP contribution is 2.24. The van der Waals surface area contributed by atoms with E-state index in [2.05, 4.69) is 21.2 Å². The van der Waals surface area contributed by atoms with E-state index in [4.69, 9.17) is 0 Å². The zero-order valence-corrected chi connectivity index (χ0v) is 14.4. The summed E-state index contributed by atoms with van der Waals surface area (Å²) in [6, 6.07) is 11.3. The van der Waals surface area contributed by atoms with Gasteiger partial charge in [-0.2, -0.15) is 0 Å². The second-order valence-corrected chi connectivity index (χ2v) is 5.92. The average molecular weight is 379 g/mol. The molecule has 0 aliphatic rings. The van der Waals surface area contributed by atoms with Crippen LogP contribution in [-0.4, -0.2) is 18.4 Å². The molecule has 6 heteroatoms. The number of amides is 2. The molecular weight excluding hydrogens is 363 g/mol. The molecule has 0 bridgehead atoms. The van der Waals surface area contributed by atoms with Crippen LogP contribution in [0.15, 0.2) is 46.9 Å². The zero-order valence-electron chi connectivity index (χ0n) is 12.8. The van der Waals surface area contributed by atoms with Crippen LogP contribution in [0.25, 0.3) is 0 Å². The molecule has 0 spiro atoms. The lowest BCUT2D eigenvalue weighted by molar-refractivity contribution is -0.120. The van der Waals surface area contributed by atoms with Gasteiger partial charge >= 0.3 is 0 Å². The molecule has 2 aromatic carbocycles. The van der Waals surface area contributed by atoms with E-state index in [1.807, 2.05) is 13.0 Å². The smallest absolute Gasteiger partial charge is 0.244 e. The maximum Gasteiger partial charge on any atom is 0.244 e. The highest BCUT2D eigenvalue weighted by atomic mass is 79.9. The van der Waals surface area contributed by atoms with Crippen LogP contribution in [0.1, 0.15) is 12.5 Å². The molecule has 0 atom stereocenters. The van der Waals surface area contributed by atoms with Gasteiger partial charge in [-0.1, -0.05) is 34.1 Å². The number of rotatable bonds is 4. The Hall–Kier alpha value is -2.21. The minimum atomic E-state index is -0.520. The minimum Gasteiger partial charge on any atom is -0.322 e. The first-order valence-corrected chi connectivity index (χ1v) is 7.76. The lowest BCUT2D eigenvalue weighted by Crippen LogP contribution is -2.36. The third-order valence-electron chi connectivity index (χ3n) is 3.30. The van der Waals surface area contributed by atoms with E-state index in [1.54, 1.807) is 18.2 Å². The van der Waals surface area contributed by atoms with Crippen molar-refractivity contribution in [2.24, 2.45) is 0 Å². The van der Waals surface area contributed by atoms with E-state index in [0.29, 0.717) is 5.69 Å². The molecule has 2 amide bonds. The van der Waals surface area contributed by atoms with Crippen LogP contribution in [0, 0.1) is 12.7 Å². The number of anilines is 2. The number of aryl methyl sites for hydroxylation is 1. The monoisotopic (exact) mass is 378 g/mol. The minimum absolute atomic E-state index is 0.0890. The Bertz CT molecular complexity index is 749. The van der Waals surface area contributed by atoms with Gasteiger partial charge in [-0.05, 0) is 36.8 Å². The molecule has 0 fully saturated rings. The molecule has 0 aromatic heterocycles. The van der Waals surface area contributed by atoms with E-state index in [1.165, 1.54) is 30.0 Å². The number of hydrogen-bond acceptors (Lipinski definition) is 2. The van der Waals surface area contributed by atoms with Crippen LogP contribution in [0.3, 0.4) is 0 Å². The van der Waals surface area contributed by atoms with Gasteiger partial charge in [0.25, 0.3) is 0 Å². The number of para-hydroxylation sites is 1. The summed E-state index contributed by atoms with van der Waals surface area (Å²) in [6.07, 6.45) is 0. The Labute approximate surface area is 142 Å². The maximum atomic E-state index is 13.6. The largest absolute Gasteiger partial charge is 0.322 e. The Morgan fingerprint density at radius 1 is 1.22 bits per heavy atom. The summed E-state index contributed by atoms with van der Waals surface area (Å²) >= 11 is 3.40. The van der Waals surface area contributed by atoms with Gasteiger partial charge in [0.15, 0.2) is 0 Å². The van der Waals surface area contributed by atoms with E-state index >= 15 is 0 Å². The first-order chi connectivity index (χ1) is 10.9. The summed E-state index contributed by atoms with van der Waals surface area (Å²) < 4.78 is 14.4. The molecule has 0 aliphatic carbocycles. The normalized spacial score (nSPS) is 10.3. The number of nitrogens with zero attached hydrogens (tertiary/aromatic N) is 1. The fourth-order valence-electron chi connectivity index (χ4n) is 2.03. The number of carbonyl (C=O) groups is 2. The summed E-state index contributed by atoms with van der Waals surface area (Å²) in [4.78, 5) is 25.3. The standard InChI is InChI=1S/C17H16BrFN2O2/c1-11-7-8-13(9-14(11)18)21(12(2)22)10-17(23)20-16-6-4-3-5-15(16)19/h3-9H,10H2,1-2H3,(H,20,23). The van der Waals surface area contributed by atoms with Gasteiger partial charge in [-0.25, -0.2) is 4.39 Å². The number of hydrogen-bond donors (Lipinski definition) is 1. The molecular formula is C17H16BrFN2O2. The van der Waals surface area contributed by atoms with E-state index < -0.39 is 11.7 Å². The molecule has 1 N–H and O–H groups in total. The van der Waals surface area contributed by atoms with Crippen LogP contribution < -0.4 is 10.2 Å². The average Bonchev–Trinajstić information content (AvgIpc) is 2.50. The van der Waals surface area contributed by atoms with E-state index in [9.17, 15) is 14.0 Å². The van der Waals surface area contributed by atoms with Crippen LogP contribution >= 0.6 is 15.9 Å². The first-order valence-electron chi connectivity index (χ1n) is 6.97. The van der Waals surface area contributed by atoms with Crippen LogP contribution in [-0.2, 0) is 9.59 Å². The Morgan fingerprint density at radius 3 is 2.52 bits per heavy atom. The van der Waals surface area contributed by atoms with Gasteiger partial charge in [-0.15, -0.1) is 0 Å². The number of benzene rings is 2. The van der Waals surface area contributed by atoms with Crippen molar-refractivity contribution < 1.29 is 14.0 Å². The highest BCUT2D eigenvalue weighted by molar-refractivity contribution is 9.10. The predicted molar refractivity (Wildman–Crippen MR) is 91.9 cm³/mol. The Kier molecular flexibility index (Phi) is 5.50. The Morgan fingerprint density at radius 2 is 1.91 bits per heavy atom. The second kappa shape index (κ2) is 7.37. The SMILES string of the molecule is CC(=O)N(CC(=O)Nc1ccccc1F)c1ccc(C)c(Br)c1. The Balaban J connectivity index is 2.16. The van der Waals surface area contributed by atoms with Crippen molar-refractivity contribution in [2.75, 3.05) is 16.8 Å². The van der Waals surface area contributed by atoms with Gasteiger partial charge in [0.2, 0.25) is 11.8 Å².